The Bertz CT molecular complexity index is 928. The number of rotatable bonds is 5. The fourth-order valence-electron chi connectivity index (χ4n) is 2.91. The molecule has 3 aromatic carbocycles. The number of carbonyl (C=O) groups is 2. The molecule has 4 heteroatoms. The summed E-state index contributed by atoms with van der Waals surface area (Å²) in [4.78, 5) is 22.6. The van der Waals surface area contributed by atoms with Crippen LogP contribution in [0.25, 0.3) is 21.9 Å². The van der Waals surface area contributed by atoms with Gasteiger partial charge in [0.2, 0.25) is 0 Å². The lowest BCUT2D eigenvalue weighted by atomic mass is 9.92. The highest BCUT2D eigenvalue weighted by Crippen LogP contribution is 2.43. The molecule has 0 aliphatic carbocycles. The molecule has 0 fully saturated rings. The Hall–Kier alpha value is -3.14. The van der Waals surface area contributed by atoms with E-state index in [1.54, 1.807) is 44.6 Å². The van der Waals surface area contributed by atoms with Gasteiger partial charge in [0.05, 0.1) is 14.2 Å². The summed E-state index contributed by atoms with van der Waals surface area (Å²) in [5.41, 5.74) is 2.55. The van der Waals surface area contributed by atoms with Gasteiger partial charge in [-0.2, -0.15) is 0 Å². The second kappa shape index (κ2) is 6.54. The molecule has 120 valence electrons. The van der Waals surface area contributed by atoms with Gasteiger partial charge in [-0.3, -0.25) is 9.59 Å². The summed E-state index contributed by atoms with van der Waals surface area (Å²) < 4.78 is 11.0. The molecule has 0 aliphatic heterocycles. The Labute approximate surface area is 139 Å². The van der Waals surface area contributed by atoms with Crippen LogP contribution in [-0.4, -0.2) is 26.8 Å². The van der Waals surface area contributed by atoms with E-state index in [9.17, 15) is 9.59 Å². The average molecular weight is 320 g/mol. The first-order valence-corrected chi connectivity index (χ1v) is 7.42. The van der Waals surface area contributed by atoms with Crippen molar-refractivity contribution in [2.24, 2.45) is 0 Å². The summed E-state index contributed by atoms with van der Waals surface area (Å²) in [5.74, 6) is 1.22. The third-order valence-corrected chi connectivity index (χ3v) is 4.02. The first-order valence-electron chi connectivity index (χ1n) is 7.42. The van der Waals surface area contributed by atoms with Gasteiger partial charge in [-0.25, -0.2) is 0 Å². The Morgan fingerprint density at radius 3 is 2.21 bits per heavy atom. The van der Waals surface area contributed by atoms with Crippen molar-refractivity contribution in [1.82, 2.24) is 0 Å². The summed E-state index contributed by atoms with van der Waals surface area (Å²) in [6.07, 6.45) is 1.61. The maximum atomic E-state index is 11.6. The predicted molar refractivity (Wildman–Crippen MR) is 93.3 cm³/mol. The smallest absolute Gasteiger partial charge is 0.150 e. The third-order valence-electron chi connectivity index (χ3n) is 4.02. The molecule has 0 amide bonds. The van der Waals surface area contributed by atoms with Gasteiger partial charge in [-0.15, -0.1) is 0 Å². The molecule has 0 aromatic heterocycles. The SMILES string of the molecule is COc1cccc(C=O)c1-c1c(OC)ccc2cc(C=O)ccc12. The lowest BCUT2D eigenvalue weighted by Crippen LogP contribution is -1.97. The van der Waals surface area contributed by atoms with E-state index < -0.39 is 0 Å². The summed E-state index contributed by atoms with van der Waals surface area (Å²) in [5, 5.41) is 1.77. The molecule has 3 aromatic rings. The minimum Gasteiger partial charge on any atom is -0.496 e. The zero-order chi connectivity index (χ0) is 17.1. The maximum absolute atomic E-state index is 11.6. The minimum absolute atomic E-state index is 0.514. The highest BCUT2D eigenvalue weighted by atomic mass is 16.5. The minimum atomic E-state index is 0.514. The number of aldehydes is 2. The fraction of sp³-hybridized carbons (Fsp3) is 0.100. The molecule has 0 N–H and O–H groups in total. The molecule has 0 aliphatic rings. The number of benzene rings is 3. The largest absolute Gasteiger partial charge is 0.496 e. The second-order valence-corrected chi connectivity index (χ2v) is 5.28. The van der Waals surface area contributed by atoms with Crippen LogP contribution in [0.15, 0.2) is 48.5 Å². The third kappa shape index (κ3) is 2.52. The van der Waals surface area contributed by atoms with Crippen molar-refractivity contribution in [3.05, 3.63) is 59.7 Å². The highest BCUT2D eigenvalue weighted by molar-refractivity contribution is 6.06. The summed E-state index contributed by atoms with van der Waals surface area (Å²) in [7, 11) is 3.15. The van der Waals surface area contributed by atoms with E-state index in [-0.39, 0.29) is 0 Å². The summed E-state index contributed by atoms with van der Waals surface area (Å²) in [6, 6.07) is 14.4. The molecule has 4 nitrogen and oxygen atoms in total. The van der Waals surface area contributed by atoms with E-state index in [1.165, 1.54) is 0 Å². The Kier molecular flexibility index (Phi) is 4.29. The van der Waals surface area contributed by atoms with Gasteiger partial charge in [0.1, 0.15) is 17.8 Å². The fourth-order valence-corrected chi connectivity index (χ4v) is 2.91. The molecular weight excluding hydrogens is 304 g/mol. The van der Waals surface area contributed by atoms with Crippen LogP contribution in [0.5, 0.6) is 11.5 Å². The van der Waals surface area contributed by atoms with E-state index in [0.717, 1.165) is 28.9 Å². The normalized spacial score (nSPS) is 10.4. The number of fused-ring (bicyclic) bond motifs is 1. The Balaban J connectivity index is 2.45. The predicted octanol–water partition coefficient (Wildman–Crippen LogP) is 4.15. The second-order valence-electron chi connectivity index (χ2n) is 5.28. The van der Waals surface area contributed by atoms with Gasteiger partial charge < -0.3 is 9.47 Å². The number of hydrogen-bond donors (Lipinski definition) is 0. The van der Waals surface area contributed by atoms with Crippen molar-refractivity contribution < 1.29 is 19.1 Å². The highest BCUT2D eigenvalue weighted by Gasteiger charge is 2.18. The van der Waals surface area contributed by atoms with Gasteiger partial charge in [-0.05, 0) is 29.0 Å². The molecule has 0 radical (unpaired) electrons. The van der Waals surface area contributed by atoms with E-state index in [0.29, 0.717) is 28.2 Å². The van der Waals surface area contributed by atoms with Crippen LogP contribution in [0.2, 0.25) is 0 Å². The quantitative estimate of drug-likeness (QED) is 0.663. The van der Waals surface area contributed by atoms with Crippen LogP contribution in [0, 0.1) is 0 Å². The van der Waals surface area contributed by atoms with E-state index >= 15 is 0 Å². The van der Waals surface area contributed by atoms with Crippen molar-refractivity contribution in [3.8, 4) is 22.6 Å². The van der Waals surface area contributed by atoms with Crippen LogP contribution in [0.1, 0.15) is 20.7 Å². The van der Waals surface area contributed by atoms with Crippen LogP contribution in [0.3, 0.4) is 0 Å². The molecule has 0 saturated heterocycles. The summed E-state index contributed by atoms with van der Waals surface area (Å²) in [6.45, 7) is 0. The van der Waals surface area contributed by atoms with Crippen molar-refractivity contribution >= 4 is 23.3 Å². The van der Waals surface area contributed by atoms with E-state index in [2.05, 4.69) is 0 Å². The van der Waals surface area contributed by atoms with Gasteiger partial charge in [0, 0.05) is 22.3 Å². The molecule has 0 spiro atoms. The molecule has 0 atom stereocenters. The molecule has 0 saturated carbocycles. The van der Waals surface area contributed by atoms with Gasteiger partial charge >= 0.3 is 0 Å². The molecule has 3 rings (SSSR count). The standard InChI is InChI=1S/C20H16O4/c1-23-17-5-3-4-15(12-22)19(17)20-16-8-6-13(11-21)10-14(16)7-9-18(20)24-2/h3-12H,1-2H3. The molecule has 0 unspecified atom stereocenters. The summed E-state index contributed by atoms with van der Waals surface area (Å²) >= 11 is 0. The lowest BCUT2D eigenvalue weighted by molar-refractivity contribution is 0.111. The molecule has 0 bridgehead atoms. The lowest BCUT2D eigenvalue weighted by Gasteiger charge is -2.17. The molecule has 24 heavy (non-hydrogen) atoms. The topological polar surface area (TPSA) is 52.6 Å². The number of carbonyl (C=O) groups excluding carboxylic acids is 2. The van der Waals surface area contributed by atoms with Crippen LogP contribution >= 0.6 is 0 Å². The average Bonchev–Trinajstić information content (AvgIpc) is 2.65. The number of hydrogen-bond acceptors (Lipinski definition) is 4. The Morgan fingerprint density at radius 1 is 0.792 bits per heavy atom. The molecule has 0 heterocycles. The van der Waals surface area contributed by atoms with Crippen molar-refractivity contribution in [1.29, 1.82) is 0 Å². The maximum Gasteiger partial charge on any atom is 0.150 e. The van der Waals surface area contributed by atoms with Crippen LogP contribution < -0.4 is 9.47 Å². The van der Waals surface area contributed by atoms with E-state index in [1.807, 2.05) is 18.2 Å². The van der Waals surface area contributed by atoms with Gasteiger partial charge in [0.15, 0.2) is 6.29 Å². The van der Waals surface area contributed by atoms with Crippen LogP contribution in [0.4, 0.5) is 0 Å². The van der Waals surface area contributed by atoms with Gasteiger partial charge in [0.25, 0.3) is 0 Å². The van der Waals surface area contributed by atoms with Crippen molar-refractivity contribution in [2.45, 2.75) is 0 Å². The van der Waals surface area contributed by atoms with E-state index in [4.69, 9.17) is 9.47 Å². The molecular formula is C20H16O4. The zero-order valence-corrected chi connectivity index (χ0v) is 13.4. The van der Waals surface area contributed by atoms with Crippen molar-refractivity contribution in [3.63, 3.8) is 0 Å². The monoisotopic (exact) mass is 320 g/mol. The first kappa shape index (κ1) is 15.7. The zero-order valence-electron chi connectivity index (χ0n) is 13.4. The number of ether oxygens (including phenoxy) is 2. The van der Waals surface area contributed by atoms with Crippen LogP contribution in [-0.2, 0) is 0 Å². The van der Waals surface area contributed by atoms with Crippen molar-refractivity contribution in [2.75, 3.05) is 14.2 Å². The number of methoxy groups -OCH3 is 2. The first-order chi connectivity index (χ1) is 11.7. The Morgan fingerprint density at radius 2 is 1.54 bits per heavy atom. The van der Waals surface area contributed by atoms with Gasteiger partial charge in [-0.1, -0.05) is 30.3 Å².